The van der Waals surface area contributed by atoms with Crippen LogP contribution in [-0.2, 0) is 20.0 Å². The summed E-state index contributed by atoms with van der Waals surface area (Å²) in [6, 6.07) is 30.9. The molecule has 164 valence electrons. The molecule has 0 atom stereocenters. The number of thiophene rings is 1. The van der Waals surface area contributed by atoms with Gasteiger partial charge in [0.15, 0.2) is 0 Å². The van der Waals surface area contributed by atoms with Gasteiger partial charge < -0.3 is 10.2 Å². The van der Waals surface area contributed by atoms with Crippen molar-refractivity contribution in [3.8, 4) is 11.5 Å². The molecule has 6 heteroatoms. The second-order valence-electron chi connectivity index (χ2n) is 6.59. The van der Waals surface area contributed by atoms with Crippen molar-refractivity contribution in [2.45, 2.75) is 6.92 Å². The van der Waals surface area contributed by atoms with E-state index in [4.69, 9.17) is 0 Å². The Balaban J connectivity index is 0.000000236. The van der Waals surface area contributed by atoms with Gasteiger partial charge in [0, 0.05) is 10.8 Å². The quantitative estimate of drug-likeness (QED) is 0.223. The zero-order valence-electron chi connectivity index (χ0n) is 17.4. The van der Waals surface area contributed by atoms with Crippen LogP contribution in [0.15, 0.2) is 97.1 Å². The molecule has 0 aliphatic carbocycles. The summed E-state index contributed by atoms with van der Waals surface area (Å²) in [5.41, 5.74) is 0. The molecule has 5 rings (SSSR count). The van der Waals surface area contributed by atoms with E-state index in [-0.39, 0.29) is 24.8 Å². The molecule has 2 nitrogen and oxygen atoms in total. The van der Waals surface area contributed by atoms with E-state index in [9.17, 15) is 10.2 Å². The maximum absolute atomic E-state index is 9.37. The molecule has 0 bridgehead atoms. The van der Waals surface area contributed by atoms with Crippen LogP contribution in [0.25, 0.3) is 21.5 Å². The second-order valence-corrected chi connectivity index (χ2v) is 8.36. The minimum atomic E-state index is 0. The van der Waals surface area contributed by atoms with Gasteiger partial charge in [0.25, 0.3) is 0 Å². The molecule has 0 aliphatic heterocycles. The number of rotatable bonds is 1. The molecular formula is C26H24Cl2O2STi. The maximum atomic E-state index is 9.37. The van der Waals surface area contributed by atoms with E-state index in [2.05, 4.69) is 43.3 Å². The number of aromatic hydroxyl groups is 2. The van der Waals surface area contributed by atoms with Gasteiger partial charge in [0.05, 0.1) is 0 Å². The van der Waals surface area contributed by atoms with Crippen molar-refractivity contribution in [1.82, 2.24) is 0 Å². The van der Waals surface area contributed by atoms with Crippen LogP contribution < -0.4 is 0 Å². The summed E-state index contributed by atoms with van der Waals surface area (Å²) in [7, 11) is 0. The van der Waals surface area contributed by atoms with E-state index in [1.54, 1.807) is 12.1 Å². The molecule has 4 aromatic carbocycles. The largest absolute Gasteiger partial charge is 0.507 e. The summed E-state index contributed by atoms with van der Waals surface area (Å²) in [6.07, 6.45) is 0. The minimum Gasteiger partial charge on any atom is -0.507 e. The summed E-state index contributed by atoms with van der Waals surface area (Å²) in [5.74, 6) is 0.700. The van der Waals surface area contributed by atoms with Gasteiger partial charge in [-0.2, -0.15) is 0 Å². The van der Waals surface area contributed by atoms with Gasteiger partial charge in [0.2, 0.25) is 0 Å². The van der Waals surface area contributed by atoms with Crippen LogP contribution in [0.5, 0.6) is 11.5 Å². The Morgan fingerprint density at radius 1 is 0.625 bits per heavy atom. The molecule has 1 aromatic heterocycles. The first kappa shape index (κ1) is 27.9. The number of phenolic OH excluding ortho intramolecular Hbond substituents is 2. The predicted molar refractivity (Wildman–Crippen MR) is 140 cm³/mol. The summed E-state index contributed by atoms with van der Waals surface area (Å²) in [6.45, 7) is 2.12. The number of halogens is 2. The normalized spacial score (nSPS) is 9.25. The van der Waals surface area contributed by atoms with Crippen molar-refractivity contribution in [3.05, 3.63) is 107 Å². The summed E-state index contributed by atoms with van der Waals surface area (Å²) < 4.78 is 2.12. The van der Waals surface area contributed by atoms with Crippen LogP contribution in [0.4, 0.5) is 0 Å². The zero-order valence-corrected chi connectivity index (χ0v) is 21.4. The zero-order chi connectivity index (χ0) is 21.3. The molecule has 0 fully saturated rings. The summed E-state index contributed by atoms with van der Waals surface area (Å²) >= 11 is 3.89. The first-order valence-corrected chi connectivity index (χ1v) is 11.2. The monoisotopic (exact) mass is 518 g/mol. The third-order valence-electron chi connectivity index (χ3n) is 4.44. The average molecular weight is 519 g/mol. The van der Waals surface area contributed by atoms with Gasteiger partial charge in [-0.05, 0) is 22.9 Å². The van der Waals surface area contributed by atoms with Crippen LogP contribution in [-0.4, -0.2) is 14.5 Å². The second kappa shape index (κ2) is 14.1. The minimum absolute atomic E-state index is 0. The Morgan fingerprint density at radius 2 is 1.06 bits per heavy atom. The molecular weight excluding hydrogens is 495 g/mol. The van der Waals surface area contributed by atoms with Crippen molar-refractivity contribution < 1.29 is 30.2 Å². The van der Waals surface area contributed by atoms with E-state index < -0.39 is 0 Å². The van der Waals surface area contributed by atoms with Crippen LogP contribution in [0.1, 0.15) is 9.75 Å². The Morgan fingerprint density at radius 3 is 1.41 bits per heavy atom. The molecule has 0 unspecified atom stereocenters. The number of fused-ring (bicyclic) bond motifs is 2. The maximum Gasteiger partial charge on any atom is 0.123 e. The summed E-state index contributed by atoms with van der Waals surface area (Å²) in [5, 5.41) is 22.7. The van der Waals surface area contributed by atoms with Gasteiger partial charge in [-0.25, -0.2) is 0 Å². The third-order valence-corrected chi connectivity index (χ3v) is 6.20. The Hall–Kier alpha value is -2.14. The van der Waals surface area contributed by atoms with E-state index in [0.29, 0.717) is 11.5 Å². The molecule has 2 N–H and O–H groups in total. The first-order valence-electron chi connectivity index (χ1n) is 9.49. The number of hydrogen-bond acceptors (Lipinski definition) is 3. The van der Waals surface area contributed by atoms with Gasteiger partial charge in [-0.15, -0.1) is 24.8 Å². The van der Waals surface area contributed by atoms with Gasteiger partial charge in [-0.3, -0.25) is 0 Å². The molecule has 32 heavy (non-hydrogen) atoms. The number of hydrogen-bond donors (Lipinski definition) is 2. The molecule has 5 aromatic rings. The number of phenols is 2. The standard InChI is InChI=1S/2C10H8O.C6H6S.2ClH.Ti/c2*11-10-7-3-5-8-4-1-2-6-9(8)10;1-5-3-4-6(2)7-5;;;/h2*1-7,11H;1,3-4H,2H3;2*1H;. The van der Waals surface area contributed by atoms with E-state index >= 15 is 0 Å². The van der Waals surface area contributed by atoms with Crippen molar-refractivity contribution in [3.63, 3.8) is 0 Å². The predicted octanol–water partition coefficient (Wildman–Crippen LogP) is 7.69. The Bertz CT molecular complexity index is 1180. The van der Waals surface area contributed by atoms with Crippen molar-refractivity contribution in [1.29, 1.82) is 0 Å². The third kappa shape index (κ3) is 7.77. The molecule has 0 saturated heterocycles. The fraction of sp³-hybridized carbons (Fsp3) is 0.0385. The van der Waals surface area contributed by atoms with Gasteiger partial charge in [0.1, 0.15) is 11.5 Å². The van der Waals surface area contributed by atoms with E-state index in [1.165, 1.54) is 9.75 Å². The van der Waals surface area contributed by atoms with Crippen molar-refractivity contribution in [2.75, 3.05) is 0 Å². The SMILES string of the molecule is Cc1ccc([CH]=[Ti])s1.Cl.Cl.Oc1cccc2ccccc12.Oc1cccc2ccccc12. The van der Waals surface area contributed by atoms with E-state index in [0.717, 1.165) is 21.5 Å². The molecule has 0 aliphatic rings. The molecule has 0 spiro atoms. The number of aryl methyl sites for hydroxylation is 1. The van der Waals surface area contributed by atoms with Crippen LogP contribution in [0.2, 0.25) is 0 Å². The van der Waals surface area contributed by atoms with E-state index in [1.807, 2.05) is 84.1 Å². The Labute approximate surface area is 216 Å². The fourth-order valence-corrected chi connectivity index (χ4v) is 4.08. The fourth-order valence-electron chi connectivity index (χ4n) is 2.95. The number of benzene rings is 4. The molecule has 0 saturated carbocycles. The molecule has 0 radical (unpaired) electrons. The topological polar surface area (TPSA) is 40.5 Å². The molecule has 0 amide bonds. The van der Waals surface area contributed by atoms with Gasteiger partial charge in [-0.1, -0.05) is 72.8 Å². The van der Waals surface area contributed by atoms with Crippen LogP contribution in [0.3, 0.4) is 0 Å². The van der Waals surface area contributed by atoms with Gasteiger partial charge >= 0.3 is 64.4 Å². The average Bonchev–Trinajstić information content (AvgIpc) is 3.21. The van der Waals surface area contributed by atoms with Crippen LogP contribution >= 0.6 is 36.2 Å². The summed E-state index contributed by atoms with van der Waals surface area (Å²) in [4.78, 5) is 2.75. The van der Waals surface area contributed by atoms with Crippen molar-refractivity contribution >= 4 is 62.0 Å². The first-order chi connectivity index (χ1) is 14.6. The van der Waals surface area contributed by atoms with Crippen molar-refractivity contribution in [2.24, 2.45) is 0 Å². The molecule has 1 heterocycles. The van der Waals surface area contributed by atoms with Crippen LogP contribution in [0, 0.1) is 6.92 Å². The smallest absolute Gasteiger partial charge is 0.123 e. The Kier molecular flexibility index (Phi) is 12.3.